The predicted octanol–water partition coefficient (Wildman–Crippen LogP) is 4.55. The quantitative estimate of drug-likeness (QED) is 0.449. The van der Waals surface area contributed by atoms with Gasteiger partial charge >= 0.3 is 11.9 Å². The van der Waals surface area contributed by atoms with E-state index in [2.05, 4.69) is 5.32 Å². The average molecular weight is 488 g/mol. The van der Waals surface area contributed by atoms with Gasteiger partial charge in [-0.1, -0.05) is 18.2 Å². The molecule has 0 aliphatic rings. The number of amides is 1. The van der Waals surface area contributed by atoms with Crippen LogP contribution in [0.25, 0.3) is 10.2 Å². The summed E-state index contributed by atoms with van der Waals surface area (Å²) >= 11 is 1.17. The first kappa shape index (κ1) is 23.5. The van der Waals surface area contributed by atoms with Gasteiger partial charge in [-0.05, 0) is 66.2 Å². The van der Waals surface area contributed by atoms with E-state index in [9.17, 15) is 27.6 Å². The second kappa shape index (κ2) is 8.94. The second-order valence-electron chi connectivity index (χ2n) is 7.94. The van der Waals surface area contributed by atoms with Crippen LogP contribution in [-0.4, -0.2) is 15.0 Å². The van der Waals surface area contributed by atoms with Gasteiger partial charge in [-0.15, -0.1) is 11.3 Å². The number of fused-ring (bicyclic) bond motifs is 1. The van der Waals surface area contributed by atoms with Crippen molar-refractivity contribution in [2.24, 2.45) is 0 Å². The number of nitrogens with one attached hydrogen (secondary N) is 1. The lowest BCUT2D eigenvalue weighted by atomic mass is 10.1. The lowest BCUT2D eigenvalue weighted by molar-refractivity contribution is -0.137. The lowest BCUT2D eigenvalue weighted by Crippen LogP contribution is -2.41. The minimum atomic E-state index is -4.48. The van der Waals surface area contributed by atoms with E-state index in [1.165, 1.54) is 15.9 Å². The molecule has 176 valence electrons. The Morgan fingerprint density at radius 3 is 2.32 bits per heavy atom. The molecule has 0 radical (unpaired) electrons. The van der Waals surface area contributed by atoms with Crippen LogP contribution in [0.4, 0.5) is 18.9 Å². The number of hydrogen-bond donors (Lipinski definition) is 1. The van der Waals surface area contributed by atoms with Crippen LogP contribution in [0.3, 0.4) is 0 Å². The fourth-order valence-electron chi connectivity index (χ4n) is 3.60. The van der Waals surface area contributed by atoms with Gasteiger partial charge in [0.15, 0.2) is 0 Å². The van der Waals surface area contributed by atoms with Gasteiger partial charge in [0, 0.05) is 5.69 Å². The van der Waals surface area contributed by atoms with Crippen LogP contribution < -0.4 is 16.6 Å². The van der Waals surface area contributed by atoms with Crippen LogP contribution in [0.1, 0.15) is 22.3 Å². The molecule has 0 unspecified atom stereocenters. The van der Waals surface area contributed by atoms with E-state index in [1.54, 1.807) is 11.4 Å². The Kier molecular flexibility index (Phi) is 6.18. The van der Waals surface area contributed by atoms with E-state index in [0.717, 1.165) is 45.5 Å². The number of hydrogen-bond acceptors (Lipinski definition) is 4. The highest BCUT2D eigenvalue weighted by molar-refractivity contribution is 7.17. The number of alkyl halides is 3. The Balaban J connectivity index is 1.65. The number of halogens is 3. The summed E-state index contributed by atoms with van der Waals surface area (Å²) in [4.78, 5) is 38.8. The van der Waals surface area contributed by atoms with Gasteiger partial charge in [-0.25, -0.2) is 4.79 Å². The topological polar surface area (TPSA) is 73.1 Å². The number of anilines is 1. The average Bonchev–Trinajstić information content (AvgIpc) is 3.26. The highest BCUT2D eigenvalue weighted by atomic mass is 32.1. The number of thiophene rings is 1. The van der Waals surface area contributed by atoms with E-state index in [1.807, 2.05) is 32.0 Å². The molecule has 0 spiro atoms. The summed E-state index contributed by atoms with van der Waals surface area (Å²) in [5, 5.41) is 4.16. The molecule has 1 amide bonds. The van der Waals surface area contributed by atoms with Gasteiger partial charge in [-0.3, -0.25) is 18.7 Å². The molecular weight excluding hydrogens is 467 g/mol. The number of carbonyl (C=O) groups excluding carboxylic acids is 1. The Hall–Kier alpha value is -3.66. The van der Waals surface area contributed by atoms with Crippen molar-refractivity contribution in [3.05, 3.63) is 97.0 Å². The number of aromatic nitrogens is 2. The predicted molar refractivity (Wildman–Crippen MR) is 125 cm³/mol. The van der Waals surface area contributed by atoms with Crippen molar-refractivity contribution < 1.29 is 18.0 Å². The Morgan fingerprint density at radius 1 is 0.971 bits per heavy atom. The maximum absolute atomic E-state index is 13.2. The first-order valence-electron chi connectivity index (χ1n) is 10.3. The first-order valence-corrected chi connectivity index (χ1v) is 11.2. The molecule has 0 saturated heterocycles. The van der Waals surface area contributed by atoms with Gasteiger partial charge in [0.1, 0.15) is 11.2 Å². The van der Waals surface area contributed by atoms with Gasteiger partial charge in [0.25, 0.3) is 5.56 Å². The molecule has 0 atom stereocenters. The monoisotopic (exact) mass is 487 g/mol. The van der Waals surface area contributed by atoms with E-state index in [4.69, 9.17) is 0 Å². The number of benzene rings is 2. The van der Waals surface area contributed by atoms with Crippen LogP contribution >= 0.6 is 11.3 Å². The normalized spacial score (nSPS) is 11.7. The fourth-order valence-corrected chi connectivity index (χ4v) is 4.44. The Morgan fingerprint density at radius 2 is 1.68 bits per heavy atom. The van der Waals surface area contributed by atoms with E-state index >= 15 is 0 Å². The van der Waals surface area contributed by atoms with Crippen LogP contribution in [-0.2, 0) is 24.1 Å². The first-order chi connectivity index (χ1) is 16.0. The van der Waals surface area contributed by atoms with Crippen LogP contribution in [0.5, 0.6) is 0 Å². The summed E-state index contributed by atoms with van der Waals surface area (Å²) in [7, 11) is 0. The van der Waals surface area contributed by atoms with Crippen LogP contribution in [0.15, 0.2) is 63.5 Å². The maximum atomic E-state index is 13.2. The van der Waals surface area contributed by atoms with E-state index in [-0.39, 0.29) is 12.2 Å². The largest absolute Gasteiger partial charge is 0.416 e. The van der Waals surface area contributed by atoms with Gasteiger partial charge in [0.2, 0.25) is 5.91 Å². The van der Waals surface area contributed by atoms with Crippen molar-refractivity contribution >= 4 is 33.1 Å². The van der Waals surface area contributed by atoms with Crippen molar-refractivity contribution in [1.82, 2.24) is 9.13 Å². The number of carbonyl (C=O) groups is 1. The molecule has 34 heavy (non-hydrogen) atoms. The molecule has 10 heteroatoms. The molecule has 0 aliphatic carbocycles. The standard InChI is InChI=1S/C24H20F3N3O3S/c1-14-3-4-16(11-15(14)2)12-30-22(32)21-19(9-10-34-21)29(23(30)33)13-20(31)28-18-7-5-17(6-8-18)24(25,26)27/h3-11H,12-13H2,1-2H3,(H,28,31). The third-order valence-electron chi connectivity index (χ3n) is 5.55. The van der Waals surface area contributed by atoms with Crippen molar-refractivity contribution in [1.29, 1.82) is 0 Å². The summed E-state index contributed by atoms with van der Waals surface area (Å²) in [6.07, 6.45) is -4.48. The number of rotatable bonds is 5. The molecule has 2 aromatic carbocycles. The molecule has 4 aromatic rings. The number of aryl methyl sites for hydroxylation is 2. The molecule has 0 aliphatic heterocycles. The summed E-state index contributed by atoms with van der Waals surface area (Å²) < 4.78 is 40.9. The zero-order chi connectivity index (χ0) is 24.6. The molecule has 0 fully saturated rings. The molecule has 1 N–H and O–H groups in total. The molecule has 2 aromatic heterocycles. The summed E-state index contributed by atoms with van der Waals surface area (Å²) in [6, 6.07) is 11.3. The summed E-state index contributed by atoms with van der Waals surface area (Å²) in [6.45, 7) is 3.55. The van der Waals surface area contributed by atoms with Gasteiger partial charge in [0.05, 0.1) is 17.6 Å². The van der Waals surface area contributed by atoms with Crippen molar-refractivity contribution in [3.63, 3.8) is 0 Å². The van der Waals surface area contributed by atoms with Crippen molar-refractivity contribution in [2.45, 2.75) is 33.1 Å². The third kappa shape index (κ3) is 4.67. The van der Waals surface area contributed by atoms with E-state index in [0.29, 0.717) is 10.2 Å². The molecular formula is C24H20F3N3O3S. The number of nitrogens with zero attached hydrogens (tertiary/aromatic N) is 2. The van der Waals surface area contributed by atoms with Crippen molar-refractivity contribution in [2.75, 3.05) is 5.32 Å². The summed E-state index contributed by atoms with van der Waals surface area (Å²) in [5.41, 5.74) is 1.47. The lowest BCUT2D eigenvalue weighted by Gasteiger charge is -2.13. The zero-order valence-corrected chi connectivity index (χ0v) is 19.1. The highest BCUT2D eigenvalue weighted by Crippen LogP contribution is 2.29. The third-order valence-corrected chi connectivity index (χ3v) is 6.44. The molecule has 6 nitrogen and oxygen atoms in total. The molecule has 4 rings (SSSR count). The SMILES string of the molecule is Cc1ccc(Cn2c(=O)c3sccc3n(CC(=O)Nc3ccc(C(F)(F)F)cc3)c2=O)cc1C. The second-order valence-corrected chi connectivity index (χ2v) is 8.85. The Bertz CT molecular complexity index is 1500. The molecule has 0 bridgehead atoms. The maximum Gasteiger partial charge on any atom is 0.416 e. The molecule has 2 heterocycles. The molecule has 0 saturated carbocycles. The minimum Gasteiger partial charge on any atom is -0.325 e. The van der Waals surface area contributed by atoms with E-state index < -0.39 is 35.4 Å². The van der Waals surface area contributed by atoms with Crippen molar-refractivity contribution in [3.8, 4) is 0 Å². The fraction of sp³-hybridized carbons (Fsp3) is 0.208. The Labute approximate surface area is 195 Å². The van der Waals surface area contributed by atoms with Gasteiger partial charge in [-0.2, -0.15) is 13.2 Å². The summed E-state index contributed by atoms with van der Waals surface area (Å²) in [5.74, 6) is -0.606. The zero-order valence-electron chi connectivity index (χ0n) is 18.3. The smallest absolute Gasteiger partial charge is 0.325 e. The van der Waals surface area contributed by atoms with Gasteiger partial charge < -0.3 is 5.32 Å². The van der Waals surface area contributed by atoms with Crippen LogP contribution in [0, 0.1) is 13.8 Å². The highest BCUT2D eigenvalue weighted by Gasteiger charge is 2.30. The minimum absolute atomic E-state index is 0.0488. The van der Waals surface area contributed by atoms with Crippen LogP contribution in [0.2, 0.25) is 0 Å².